The van der Waals surface area contributed by atoms with E-state index in [1.54, 1.807) is 4.90 Å². The molecule has 0 unspecified atom stereocenters. The van der Waals surface area contributed by atoms with Crippen LogP contribution in [0, 0.1) is 0 Å². The molecular formula is C19H24N4O4. The lowest BCUT2D eigenvalue weighted by molar-refractivity contribution is -0.116. The van der Waals surface area contributed by atoms with E-state index in [9.17, 15) is 9.59 Å². The molecule has 3 rings (SSSR count). The molecule has 0 radical (unpaired) electrons. The molecule has 1 aliphatic heterocycles. The van der Waals surface area contributed by atoms with Crippen LogP contribution in [-0.4, -0.2) is 40.2 Å². The summed E-state index contributed by atoms with van der Waals surface area (Å²) in [7, 11) is 0. The summed E-state index contributed by atoms with van der Waals surface area (Å²) >= 11 is 0. The number of hydrogen-bond acceptors (Lipinski definition) is 6. The third kappa shape index (κ3) is 5.06. The van der Waals surface area contributed by atoms with Crippen molar-refractivity contribution in [1.82, 2.24) is 15.0 Å². The molecular weight excluding hydrogens is 348 g/mol. The van der Waals surface area contributed by atoms with Crippen LogP contribution in [0.3, 0.4) is 0 Å². The van der Waals surface area contributed by atoms with Gasteiger partial charge >= 0.3 is 6.09 Å². The van der Waals surface area contributed by atoms with Crippen molar-refractivity contribution in [3.63, 3.8) is 0 Å². The standard InChI is InChI=1S/C19H24N4O4/c1-19(2,3)17-21-16(27-22-17)8-7-15(24)20-14-6-4-5-13(11-14)12-23-9-10-26-18(23)25/h4-6,11H,7-10,12H2,1-3H3,(H,20,24). The first-order valence-corrected chi connectivity index (χ1v) is 8.95. The van der Waals surface area contributed by atoms with Gasteiger partial charge in [-0.05, 0) is 17.7 Å². The molecule has 0 aliphatic carbocycles. The van der Waals surface area contributed by atoms with E-state index in [0.29, 0.717) is 43.5 Å². The van der Waals surface area contributed by atoms with Gasteiger partial charge in [-0.15, -0.1) is 0 Å². The second-order valence-electron chi connectivity index (χ2n) is 7.55. The van der Waals surface area contributed by atoms with E-state index >= 15 is 0 Å². The van der Waals surface area contributed by atoms with Crippen molar-refractivity contribution in [3.8, 4) is 0 Å². The van der Waals surface area contributed by atoms with E-state index in [2.05, 4.69) is 15.5 Å². The van der Waals surface area contributed by atoms with Crippen molar-refractivity contribution in [2.24, 2.45) is 0 Å². The molecule has 8 heteroatoms. The first-order chi connectivity index (χ1) is 12.8. The van der Waals surface area contributed by atoms with Crippen LogP contribution in [0.5, 0.6) is 0 Å². The van der Waals surface area contributed by atoms with Crippen molar-refractivity contribution in [3.05, 3.63) is 41.5 Å². The predicted molar refractivity (Wildman–Crippen MR) is 98.1 cm³/mol. The molecule has 1 aromatic heterocycles. The fraction of sp³-hybridized carbons (Fsp3) is 0.474. The van der Waals surface area contributed by atoms with Crippen LogP contribution in [0.15, 0.2) is 28.8 Å². The number of amides is 2. The van der Waals surface area contributed by atoms with Gasteiger partial charge in [0.05, 0.1) is 6.54 Å². The Hall–Kier alpha value is -2.90. The molecule has 0 saturated carbocycles. The average Bonchev–Trinajstić information content (AvgIpc) is 3.23. The van der Waals surface area contributed by atoms with Crippen LogP contribution in [-0.2, 0) is 27.9 Å². The van der Waals surface area contributed by atoms with Gasteiger partial charge < -0.3 is 19.5 Å². The Morgan fingerprint density at radius 3 is 2.81 bits per heavy atom. The molecule has 2 heterocycles. The van der Waals surface area contributed by atoms with E-state index in [0.717, 1.165) is 5.56 Å². The number of aryl methyl sites for hydroxylation is 1. The Bertz CT molecular complexity index is 825. The Balaban J connectivity index is 1.52. The zero-order chi connectivity index (χ0) is 19.4. The van der Waals surface area contributed by atoms with Crippen LogP contribution < -0.4 is 5.32 Å². The number of rotatable bonds is 6. The van der Waals surface area contributed by atoms with Crippen LogP contribution in [0.2, 0.25) is 0 Å². The molecule has 2 aromatic rings. The van der Waals surface area contributed by atoms with Crippen LogP contribution in [0.25, 0.3) is 0 Å². The number of benzene rings is 1. The minimum atomic E-state index is -0.307. The van der Waals surface area contributed by atoms with Crippen molar-refractivity contribution in [2.75, 3.05) is 18.5 Å². The quantitative estimate of drug-likeness (QED) is 0.837. The predicted octanol–water partition coefficient (Wildman–Crippen LogP) is 2.89. The number of hydrogen-bond donors (Lipinski definition) is 1. The summed E-state index contributed by atoms with van der Waals surface area (Å²) in [5.74, 6) is 0.950. The summed E-state index contributed by atoms with van der Waals surface area (Å²) in [6.45, 7) is 7.47. The van der Waals surface area contributed by atoms with E-state index in [1.807, 2.05) is 45.0 Å². The Kier molecular flexibility index (Phi) is 5.43. The first-order valence-electron chi connectivity index (χ1n) is 8.95. The van der Waals surface area contributed by atoms with E-state index < -0.39 is 0 Å². The SMILES string of the molecule is CC(C)(C)c1noc(CCC(=O)Nc2cccc(CN3CCOC3=O)c2)n1. The second-order valence-corrected chi connectivity index (χ2v) is 7.55. The molecule has 27 heavy (non-hydrogen) atoms. The number of nitrogens with zero attached hydrogens (tertiary/aromatic N) is 3. The van der Waals surface area contributed by atoms with Gasteiger partial charge in [0.25, 0.3) is 0 Å². The van der Waals surface area contributed by atoms with Gasteiger partial charge in [-0.1, -0.05) is 38.1 Å². The molecule has 1 saturated heterocycles. The van der Waals surface area contributed by atoms with Crippen molar-refractivity contribution < 1.29 is 18.8 Å². The maximum absolute atomic E-state index is 12.2. The minimum Gasteiger partial charge on any atom is -0.448 e. The van der Waals surface area contributed by atoms with Crippen molar-refractivity contribution in [2.45, 2.75) is 45.6 Å². The Morgan fingerprint density at radius 1 is 1.33 bits per heavy atom. The van der Waals surface area contributed by atoms with E-state index in [-0.39, 0.29) is 23.8 Å². The van der Waals surface area contributed by atoms with Crippen LogP contribution in [0.1, 0.15) is 44.5 Å². The largest absolute Gasteiger partial charge is 0.448 e. The number of anilines is 1. The zero-order valence-electron chi connectivity index (χ0n) is 15.8. The number of carbonyl (C=O) groups is 2. The van der Waals surface area contributed by atoms with E-state index in [1.165, 1.54) is 0 Å². The van der Waals surface area contributed by atoms with Crippen molar-refractivity contribution >= 4 is 17.7 Å². The van der Waals surface area contributed by atoms with Gasteiger partial charge in [-0.2, -0.15) is 4.98 Å². The summed E-state index contributed by atoms with van der Waals surface area (Å²) < 4.78 is 10.1. The fourth-order valence-electron chi connectivity index (χ4n) is 2.64. The smallest absolute Gasteiger partial charge is 0.410 e. The van der Waals surface area contributed by atoms with Gasteiger partial charge in [-0.25, -0.2) is 4.79 Å². The molecule has 0 spiro atoms. The highest BCUT2D eigenvalue weighted by Gasteiger charge is 2.22. The highest BCUT2D eigenvalue weighted by molar-refractivity contribution is 5.90. The topological polar surface area (TPSA) is 97.6 Å². The molecule has 0 atom stereocenters. The lowest BCUT2D eigenvalue weighted by atomic mass is 9.96. The Morgan fingerprint density at radius 2 is 2.15 bits per heavy atom. The van der Waals surface area contributed by atoms with Crippen LogP contribution >= 0.6 is 0 Å². The highest BCUT2D eigenvalue weighted by atomic mass is 16.6. The fourth-order valence-corrected chi connectivity index (χ4v) is 2.64. The zero-order valence-corrected chi connectivity index (χ0v) is 15.8. The lowest BCUT2D eigenvalue weighted by Crippen LogP contribution is -2.23. The maximum Gasteiger partial charge on any atom is 0.410 e. The summed E-state index contributed by atoms with van der Waals surface area (Å²) in [5, 5.41) is 6.82. The molecule has 1 N–H and O–H groups in total. The molecule has 1 aromatic carbocycles. The summed E-state index contributed by atoms with van der Waals surface area (Å²) in [6.07, 6.45) is 0.321. The van der Waals surface area contributed by atoms with Gasteiger partial charge in [0.15, 0.2) is 5.82 Å². The van der Waals surface area contributed by atoms with Crippen LogP contribution in [0.4, 0.5) is 10.5 Å². The molecule has 2 amide bonds. The monoisotopic (exact) mass is 372 g/mol. The Labute approximate surface area is 157 Å². The van der Waals surface area contributed by atoms with Crippen molar-refractivity contribution in [1.29, 1.82) is 0 Å². The second kappa shape index (κ2) is 7.77. The van der Waals surface area contributed by atoms with Gasteiger partial charge in [0.1, 0.15) is 6.61 Å². The van der Waals surface area contributed by atoms with Gasteiger partial charge in [0, 0.05) is 30.5 Å². The summed E-state index contributed by atoms with van der Waals surface area (Å²) in [4.78, 5) is 29.7. The molecule has 1 fully saturated rings. The highest BCUT2D eigenvalue weighted by Crippen LogP contribution is 2.19. The number of nitrogens with one attached hydrogen (secondary N) is 1. The number of aromatic nitrogens is 2. The average molecular weight is 372 g/mol. The summed E-state index contributed by atoms with van der Waals surface area (Å²) in [5.41, 5.74) is 1.43. The van der Waals surface area contributed by atoms with Gasteiger partial charge in [0.2, 0.25) is 11.8 Å². The van der Waals surface area contributed by atoms with E-state index in [4.69, 9.17) is 9.26 Å². The molecule has 144 valence electrons. The molecule has 8 nitrogen and oxygen atoms in total. The lowest BCUT2D eigenvalue weighted by Gasteiger charge is -2.13. The number of carbonyl (C=O) groups excluding carboxylic acids is 2. The minimum absolute atomic E-state index is 0.136. The number of ether oxygens (including phenoxy) is 1. The third-order valence-electron chi connectivity index (χ3n) is 4.13. The summed E-state index contributed by atoms with van der Waals surface area (Å²) in [6, 6.07) is 7.43. The normalized spacial score (nSPS) is 14.3. The molecule has 0 bridgehead atoms. The maximum atomic E-state index is 12.2. The third-order valence-corrected chi connectivity index (χ3v) is 4.13. The molecule has 1 aliphatic rings. The first kappa shape index (κ1) is 18.9. The van der Waals surface area contributed by atoms with Gasteiger partial charge in [-0.3, -0.25) is 4.79 Å². The number of cyclic esters (lactones) is 1.